The Balaban J connectivity index is 1.38. The number of hydrogen-bond donors (Lipinski definition) is 0. The first kappa shape index (κ1) is 20.4. The van der Waals surface area contributed by atoms with Crippen LogP contribution < -0.4 is 4.90 Å². The van der Waals surface area contributed by atoms with Gasteiger partial charge in [-0.3, -0.25) is 10.1 Å². The van der Waals surface area contributed by atoms with E-state index < -0.39 is 14.9 Å². The molecule has 11 heteroatoms. The molecular weight excluding hydrogens is 422 g/mol. The van der Waals surface area contributed by atoms with Gasteiger partial charge in [-0.25, -0.2) is 8.42 Å². The zero-order valence-electron chi connectivity index (χ0n) is 17.1. The van der Waals surface area contributed by atoms with Gasteiger partial charge in [-0.05, 0) is 44.6 Å². The zero-order valence-corrected chi connectivity index (χ0v) is 18.0. The van der Waals surface area contributed by atoms with Crippen molar-refractivity contribution < 1.29 is 17.9 Å². The summed E-state index contributed by atoms with van der Waals surface area (Å²) in [6.45, 7) is 2.15. The second-order valence-corrected chi connectivity index (χ2v) is 10.5. The van der Waals surface area contributed by atoms with Gasteiger partial charge < -0.3 is 9.42 Å². The van der Waals surface area contributed by atoms with E-state index >= 15 is 0 Å². The molecule has 0 radical (unpaired) electrons. The van der Waals surface area contributed by atoms with Crippen molar-refractivity contribution in [3.8, 4) is 0 Å². The SMILES string of the molecule is O=[N+]([O-])c1ccc(N2CCC(c3noc(C4CC4)n3)CC2)c(S(=O)(=O)N2CCCC2)c1. The van der Waals surface area contributed by atoms with E-state index in [1.165, 1.54) is 16.4 Å². The maximum atomic E-state index is 13.3. The summed E-state index contributed by atoms with van der Waals surface area (Å²) < 4.78 is 33.4. The maximum Gasteiger partial charge on any atom is 0.270 e. The van der Waals surface area contributed by atoms with Crippen LogP contribution in [0, 0.1) is 10.1 Å². The van der Waals surface area contributed by atoms with E-state index in [-0.39, 0.29) is 16.5 Å². The van der Waals surface area contributed by atoms with Gasteiger partial charge in [-0.2, -0.15) is 9.29 Å². The Kier molecular flexibility index (Phi) is 5.17. The number of nitrogens with zero attached hydrogens (tertiary/aromatic N) is 5. The highest BCUT2D eigenvalue weighted by molar-refractivity contribution is 7.89. The van der Waals surface area contributed by atoms with Crippen molar-refractivity contribution in [3.63, 3.8) is 0 Å². The molecule has 0 spiro atoms. The zero-order chi connectivity index (χ0) is 21.6. The van der Waals surface area contributed by atoms with Crippen LogP contribution in [-0.4, -0.2) is 54.0 Å². The van der Waals surface area contributed by atoms with E-state index in [9.17, 15) is 18.5 Å². The third-order valence-corrected chi connectivity index (χ3v) is 8.35. The van der Waals surface area contributed by atoms with Gasteiger partial charge in [-0.15, -0.1) is 0 Å². The third kappa shape index (κ3) is 3.91. The van der Waals surface area contributed by atoms with Crippen molar-refractivity contribution in [1.82, 2.24) is 14.4 Å². The Morgan fingerprint density at radius 1 is 1.03 bits per heavy atom. The number of nitro groups is 1. The number of benzene rings is 1. The number of piperidine rings is 1. The van der Waals surface area contributed by atoms with Crippen molar-refractivity contribution in [1.29, 1.82) is 0 Å². The van der Waals surface area contributed by atoms with Crippen LogP contribution in [0.1, 0.15) is 62.1 Å². The molecule has 3 fully saturated rings. The summed E-state index contributed by atoms with van der Waals surface area (Å²) >= 11 is 0. The summed E-state index contributed by atoms with van der Waals surface area (Å²) in [7, 11) is -3.79. The molecule has 3 heterocycles. The molecule has 0 amide bonds. The molecule has 1 aliphatic carbocycles. The van der Waals surface area contributed by atoms with Gasteiger partial charge in [0.05, 0.1) is 10.6 Å². The lowest BCUT2D eigenvalue weighted by atomic mass is 9.95. The highest BCUT2D eigenvalue weighted by Crippen LogP contribution is 2.40. The molecule has 5 rings (SSSR count). The van der Waals surface area contributed by atoms with E-state index in [1.54, 1.807) is 6.07 Å². The average molecular weight is 448 g/mol. The van der Waals surface area contributed by atoms with Gasteiger partial charge in [0, 0.05) is 50.1 Å². The highest BCUT2D eigenvalue weighted by atomic mass is 32.2. The molecule has 1 aromatic carbocycles. The first-order chi connectivity index (χ1) is 14.9. The molecule has 1 aromatic heterocycles. The van der Waals surface area contributed by atoms with Crippen molar-refractivity contribution in [3.05, 3.63) is 40.0 Å². The predicted octanol–water partition coefficient (Wildman–Crippen LogP) is 3.02. The molecule has 0 bridgehead atoms. The van der Waals surface area contributed by atoms with Crippen molar-refractivity contribution in [2.45, 2.75) is 55.3 Å². The number of rotatable bonds is 6. The number of nitro benzene ring substituents is 1. The standard InChI is InChI=1S/C20H25N5O5S/c26-25(27)16-5-6-17(18(13-16)31(28,29)24-9-1-2-10-24)23-11-7-14(8-12-23)19-21-20(30-22-19)15-3-4-15/h5-6,13-15H,1-4,7-12H2. The molecule has 2 saturated heterocycles. The summed E-state index contributed by atoms with van der Waals surface area (Å²) in [6, 6.07) is 4.16. The number of non-ortho nitro benzene ring substituents is 1. The summed E-state index contributed by atoms with van der Waals surface area (Å²) in [5.74, 6) is 2.05. The number of hydrogen-bond acceptors (Lipinski definition) is 8. The lowest BCUT2D eigenvalue weighted by molar-refractivity contribution is -0.385. The summed E-state index contributed by atoms with van der Waals surface area (Å²) in [5.41, 5.74) is 0.318. The molecule has 1 saturated carbocycles. The van der Waals surface area contributed by atoms with Gasteiger partial charge >= 0.3 is 0 Å². The largest absolute Gasteiger partial charge is 0.370 e. The first-order valence-corrected chi connectivity index (χ1v) is 12.2. The molecule has 10 nitrogen and oxygen atoms in total. The topological polar surface area (TPSA) is 123 Å². The Labute approximate surface area is 180 Å². The monoisotopic (exact) mass is 447 g/mol. The Hall–Kier alpha value is -2.53. The molecule has 2 aromatic rings. The Morgan fingerprint density at radius 2 is 1.74 bits per heavy atom. The van der Waals surface area contributed by atoms with Crippen LogP contribution in [0.15, 0.2) is 27.6 Å². The second kappa shape index (κ2) is 7.86. The summed E-state index contributed by atoms with van der Waals surface area (Å²) in [5, 5.41) is 15.5. The molecule has 0 unspecified atom stereocenters. The fraction of sp³-hybridized carbons (Fsp3) is 0.600. The van der Waals surface area contributed by atoms with Crippen LogP contribution in [0.3, 0.4) is 0 Å². The van der Waals surface area contributed by atoms with Crippen LogP contribution in [0.25, 0.3) is 0 Å². The fourth-order valence-corrected chi connectivity index (χ4v) is 6.19. The lowest BCUT2D eigenvalue weighted by Gasteiger charge is -2.34. The number of aromatic nitrogens is 2. The molecule has 31 heavy (non-hydrogen) atoms. The van der Waals surface area contributed by atoms with Crippen LogP contribution in [0.4, 0.5) is 11.4 Å². The molecule has 166 valence electrons. The number of sulfonamides is 1. The molecule has 0 atom stereocenters. The lowest BCUT2D eigenvalue weighted by Crippen LogP contribution is -2.36. The van der Waals surface area contributed by atoms with Crippen molar-refractivity contribution in [2.24, 2.45) is 0 Å². The third-order valence-electron chi connectivity index (χ3n) is 6.42. The van der Waals surface area contributed by atoms with Crippen molar-refractivity contribution >= 4 is 21.4 Å². The van der Waals surface area contributed by atoms with Gasteiger partial charge in [0.1, 0.15) is 4.90 Å². The predicted molar refractivity (Wildman–Crippen MR) is 112 cm³/mol. The molecule has 3 aliphatic rings. The fourth-order valence-electron chi connectivity index (χ4n) is 4.44. The minimum atomic E-state index is -3.79. The van der Waals surface area contributed by atoms with Crippen LogP contribution in [0.5, 0.6) is 0 Å². The minimum Gasteiger partial charge on any atom is -0.370 e. The normalized spacial score (nSPS) is 21.0. The summed E-state index contributed by atoms with van der Waals surface area (Å²) in [6.07, 6.45) is 5.36. The van der Waals surface area contributed by atoms with E-state index in [2.05, 4.69) is 10.1 Å². The molecular formula is C20H25N5O5S. The van der Waals surface area contributed by atoms with E-state index in [0.29, 0.717) is 37.8 Å². The van der Waals surface area contributed by atoms with E-state index in [1.807, 2.05) is 4.90 Å². The highest BCUT2D eigenvalue weighted by Gasteiger charge is 2.35. The van der Waals surface area contributed by atoms with Crippen LogP contribution in [-0.2, 0) is 10.0 Å². The first-order valence-electron chi connectivity index (χ1n) is 10.8. The quantitative estimate of drug-likeness (QED) is 0.489. The van der Waals surface area contributed by atoms with E-state index in [4.69, 9.17) is 4.52 Å². The van der Waals surface area contributed by atoms with E-state index in [0.717, 1.165) is 50.2 Å². The van der Waals surface area contributed by atoms with Crippen molar-refractivity contribution in [2.75, 3.05) is 31.1 Å². The minimum absolute atomic E-state index is 0.0256. The Morgan fingerprint density at radius 3 is 2.39 bits per heavy atom. The van der Waals surface area contributed by atoms with Gasteiger partial charge in [0.15, 0.2) is 5.82 Å². The van der Waals surface area contributed by atoms with Gasteiger partial charge in [-0.1, -0.05) is 5.16 Å². The maximum absolute atomic E-state index is 13.3. The van der Waals surface area contributed by atoms with Crippen LogP contribution in [0.2, 0.25) is 0 Å². The summed E-state index contributed by atoms with van der Waals surface area (Å²) in [4.78, 5) is 17.3. The Bertz CT molecular complexity index is 1080. The number of anilines is 1. The molecule has 2 aliphatic heterocycles. The smallest absolute Gasteiger partial charge is 0.270 e. The van der Waals surface area contributed by atoms with Gasteiger partial charge in [0.2, 0.25) is 15.9 Å². The second-order valence-electron chi connectivity index (χ2n) is 8.55. The molecule has 0 N–H and O–H groups in total. The van der Waals surface area contributed by atoms with Gasteiger partial charge in [0.25, 0.3) is 5.69 Å². The van der Waals surface area contributed by atoms with Crippen LogP contribution >= 0.6 is 0 Å². The average Bonchev–Trinajstić information content (AvgIpc) is 3.26.